The van der Waals surface area contributed by atoms with Gasteiger partial charge in [0, 0.05) is 5.56 Å². The molecule has 0 bridgehead atoms. The molecule has 0 aliphatic carbocycles. The Morgan fingerprint density at radius 3 is 1.84 bits per heavy atom. The van der Waals surface area contributed by atoms with Gasteiger partial charge in [0.2, 0.25) is 0 Å². The van der Waals surface area contributed by atoms with Crippen LogP contribution in [0.3, 0.4) is 0 Å². The summed E-state index contributed by atoms with van der Waals surface area (Å²) in [6.07, 6.45) is -4.71. The van der Waals surface area contributed by atoms with Crippen molar-refractivity contribution in [3.63, 3.8) is 0 Å². The number of aliphatic carboxylic acids is 2. The Kier molecular flexibility index (Phi) is 7.35. The first kappa shape index (κ1) is 17.0. The van der Waals surface area contributed by atoms with Gasteiger partial charge in [-0.15, -0.1) is 0 Å². The number of benzene rings is 1. The number of aliphatic hydroxyl groups is 2. The number of rotatable bonds is 4. The zero-order chi connectivity index (χ0) is 15.0. The second-order valence-electron chi connectivity index (χ2n) is 3.86. The molecule has 0 saturated carbocycles. The van der Waals surface area contributed by atoms with Crippen LogP contribution in [0.1, 0.15) is 18.5 Å². The molecular formula is C12H17NO6. The molecular weight excluding hydrogens is 254 g/mol. The van der Waals surface area contributed by atoms with Gasteiger partial charge in [0.05, 0.1) is 5.97 Å². The number of carboxylic acid groups (broad SMARTS) is 2. The van der Waals surface area contributed by atoms with Crippen LogP contribution in [0, 0.1) is 0 Å². The molecule has 7 nitrogen and oxygen atoms in total. The number of carbonyl (C=O) groups excluding carboxylic acids is 1. The molecule has 3 atom stereocenters. The van der Waals surface area contributed by atoms with Crippen molar-refractivity contribution in [2.75, 3.05) is 0 Å². The molecule has 0 spiro atoms. The summed E-state index contributed by atoms with van der Waals surface area (Å²) in [5.41, 5.74) is 5.21. The van der Waals surface area contributed by atoms with Crippen molar-refractivity contribution < 1.29 is 35.7 Å². The second kappa shape index (κ2) is 8.20. The molecule has 106 valence electrons. The van der Waals surface area contributed by atoms with Crippen LogP contribution in [0.2, 0.25) is 0 Å². The zero-order valence-electron chi connectivity index (χ0n) is 10.4. The minimum absolute atomic E-state index is 0.409. The summed E-state index contributed by atoms with van der Waals surface area (Å²) in [6.45, 7) is 2.09. The fourth-order valence-corrected chi connectivity index (χ4v) is 1.05. The fourth-order valence-electron chi connectivity index (χ4n) is 1.05. The zero-order valence-corrected chi connectivity index (χ0v) is 10.4. The Bertz CT molecular complexity index is 388. The Labute approximate surface area is 109 Å². The predicted octanol–water partition coefficient (Wildman–Crippen LogP) is -2.47. The van der Waals surface area contributed by atoms with Crippen molar-refractivity contribution in [2.45, 2.75) is 25.2 Å². The Balaban J connectivity index is 0.000000342. The third kappa shape index (κ3) is 6.51. The predicted molar refractivity (Wildman–Crippen MR) is 62.4 cm³/mol. The van der Waals surface area contributed by atoms with Crippen LogP contribution in [0.4, 0.5) is 0 Å². The smallest absolute Gasteiger partial charge is 0.335 e. The highest BCUT2D eigenvalue weighted by atomic mass is 16.4. The molecule has 1 rings (SSSR count). The Morgan fingerprint density at radius 2 is 1.63 bits per heavy atom. The normalized spacial score (nSPS) is 14.5. The van der Waals surface area contributed by atoms with Crippen LogP contribution in [-0.2, 0) is 9.59 Å². The molecule has 19 heavy (non-hydrogen) atoms. The van der Waals surface area contributed by atoms with Crippen molar-refractivity contribution in [3.05, 3.63) is 35.9 Å². The molecule has 1 aromatic carbocycles. The average Bonchev–Trinajstić information content (AvgIpc) is 2.38. The van der Waals surface area contributed by atoms with Crippen molar-refractivity contribution in [1.29, 1.82) is 0 Å². The first-order valence-corrected chi connectivity index (χ1v) is 5.45. The summed E-state index contributed by atoms with van der Waals surface area (Å²) >= 11 is 0. The van der Waals surface area contributed by atoms with E-state index in [-0.39, 0.29) is 0 Å². The first-order chi connectivity index (χ1) is 8.77. The molecule has 0 saturated heterocycles. The van der Waals surface area contributed by atoms with Gasteiger partial charge in [-0.2, -0.15) is 0 Å². The molecule has 0 aromatic heterocycles. The quantitative estimate of drug-likeness (QED) is 0.477. The summed E-state index contributed by atoms with van der Waals surface area (Å²) in [5.74, 6) is -3.83. The summed E-state index contributed by atoms with van der Waals surface area (Å²) < 4.78 is 0. The molecule has 7 heteroatoms. The topological polar surface area (TPSA) is 146 Å². The van der Waals surface area contributed by atoms with Gasteiger partial charge in [0.25, 0.3) is 0 Å². The molecule has 0 fully saturated rings. The van der Waals surface area contributed by atoms with Crippen molar-refractivity contribution in [3.8, 4) is 0 Å². The molecule has 0 heterocycles. The van der Waals surface area contributed by atoms with Gasteiger partial charge in [-0.3, -0.25) is 0 Å². The second-order valence-corrected chi connectivity index (χ2v) is 3.86. The lowest BCUT2D eigenvalue weighted by atomic mass is 10.1. The van der Waals surface area contributed by atoms with Crippen molar-refractivity contribution >= 4 is 11.9 Å². The lowest BCUT2D eigenvalue weighted by Crippen LogP contribution is -2.51. The van der Waals surface area contributed by atoms with Gasteiger partial charge in [0.15, 0.2) is 6.10 Å². The van der Waals surface area contributed by atoms with E-state index in [2.05, 4.69) is 24.8 Å². The SMILES string of the molecule is C[C@@H]([NH3+])c1ccccc1.O=C([O-])C(O)C(O)C(=O)O. The maximum Gasteiger partial charge on any atom is 0.335 e. The van der Waals surface area contributed by atoms with E-state index in [1.54, 1.807) is 0 Å². The highest BCUT2D eigenvalue weighted by Gasteiger charge is 2.23. The summed E-state index contributed by atoms with van der Waals surface area (Å²) in [5, 5.41) is 34.1. The van der Waals surface area contributed by atoms with Crippen LogP contribution in [0.15, 0.2) is 30.3 Å². The van der Waals surface area contributed by atoms with Crippen LogP contribution in [0.5, 0.6) is 0 Å². The van der Waals surface area contributed by atoms with E-state index in [0.717, 1.165) is 0 Å². The Morgan fingerprint density at radius 1 is 1.16 bits per heavy atom. The maximum absolute atomic E-state index is 9.74. The highest BCUT2D eigenvalue weighted by molar-refractivity contribution is 5.81. The van der Waals surface area contributed by atoms with E-state index in [1.165, 1.54) is 5.56 Å². The number of quaternary nitrogens is 1. The number of hydrogen-bond donors (Lipinski definition) is 4. The third-order valence-electron chi connectivity index (χ3n) is 2.16. The van der Waals surface area contributed by atoms with Crippen LogP contribution in [0.25, 0.3) is 0 Å². The highest BCUT2D eigenvalue weighted by Crippen LogP contribution is 2.04. The van der Waals surface area contributed by atoms with Gasteiger partial charge >= 0.3 is 5.97 Å². The van der Waals surface area contributed by atoms with E-state index < -0.39 is 24.1 Å². The largest absolute Gasteiger partial charge is 0.547 e. The summed E-state index contributed by atoms with van der Waals surface area (Å²) in [6, 6.07) is 10.7. The number of aliphatic hydroxyl groups excluding tert-OH is 2. The minimum Gasteiger partial charge on any atom is -0.547 e. The van der Waals surface area contributed by atoms with Gasteiger partial charge in [0.1, 0.15) is 12.1 Å². The van der Waals surface area contributed by atoms with E-state index in [0.29, 0.717) is 6.04 Å². The maximum atomic E-state index is 9.74. The van der Waals surface area contributed by atoms with E-state index >= 15 is 0 Å². The minimum atomic E-state index is -2.38. The van der Waals surface area contributed by atoms with Crippen LogP contribution in [-0.4, -0.2) is 39.5 Å². The lowest BCUT2D eigenvalue weighted by Gasteiger charge is -2.13. The van der Waals surface area contributed by atoms with Crippen LogP contribution < -0.4 is 10.8 Å². The van der Waals surface area contributed by atoms with E-state index in [4.69, 9.17) is 15.3 Å². The summed E-state index contributed by atoms with van der Waals surface area (Å²) in [4.78, 5) is 19.4. The molecule has 1 aromatic rings. The molecule has 0 aliphatic rings. The van der Waals surface area contributed by atoms with E-state index in [9.17, 15) is 14.7 Å². The lowest BCUT2D eigenvalue weighted by molar-refractivity contribution is -0.420. The summed E-state index contributed by atoms with van der Waals surface area (Å²) in [7, 11) is 0. The Hall–Kier alpha value is -1.96. The molecule has 0 aliphatic heterocycles. The monoisotopic (exact) mass is 271 g/mol. The molecule has 0 radical (unpaired) electrons. The van der Waals surface area contributed by atoms with Gasteiger partial charge in [-0.05, 0) is 6.92 Å². The average molecular weight is 271 g/mol. The number of carbonyl (C=O) groups is 2. The van der Waals surface area contributed by atoms with E-state index in [1.807, 2.05) is 18.2 Å². The van der Waals surface area contributed by atoms with Crippen molar-refractivity contribution in [2.24, 2.45) is 0 Å². The number of carboxylic acids is 2. The number of hydrogen-bond acceptors (Lipinski definition) is 5. The van der Waals surface area contributed by atoms with Gasteiger partial charge in [-0.25, -0.2) is 4.79 Å². The molecule has 2 unspecified atom stereocenters. The van der Waals surface area contributed by atoms with Crippen molar-refractivity contribution in [1.82, 2.24) is 0 Å². The standard InChI is InChI=1S/C8H11N.C4H6O6/c1-7(9)8-5-3-2-4-6-8;5-1(3(7)8)2(6)4(9)10/h2-7H,9H2,1H3;1-2,5-6H,(H,7,8)(H,9,10)/t7-;/m1./s1. The third-order valence-corrected chi connectivity index (χ3v) is 2.16. The first-order valence-electron chi connectivity index (χ1n) is 5.45. The van der Waals surface area contributed by atoms with Gasteiger partial charge in [-0.1, -0.05) is 30.3 Å². The van der Waals surface area contributed by atoms with Gasteiger partial charge < -0.3 is 31.0 Å². The molecule has 6 N–H and O–H groups in total. The molecule has 0 amide bonds. The van der Waals surface area contributed by atoms with Crippen LogP contribution >= 0.6 is 0 Å². The fraction of sp³-hybridized carbons (Fsp3) is 0.333.